The van der Waals surface area contributed by atoms with Gasteiger partial charge in [0, 0.05) is 24.5 Å². The second-order valence-electron chi connectivity index (χ2n) is 7.58. The number of para-hydroxylation sites is 1. The quantitative estimate of drug-likeness (QED) is 0.703. The molecule has 1 amide bonds. The minimum absolute atomic E-state index is 0.00705. The van der Waals surface area contributed by atoms with Gasteiger partial charge in [0.05, 0.1) is 11.4 Å². The molecular weight excluding hydrogens is 352 g/mol. The fourth-order valence-corrected chi connectivity index (χ4v) is 4.12. The van der Waals surface area contributed by atoms with Crippen LogP contribution in [0, 0.1) is 13.8 Å². The maximum Gasteiger partial charge on any atom is 0.252 e. The zero-order valence-corrected chi connectivity index (χ0v) is 16.5. The summed E-state index contributed by atoms with van der Waals surface area (Å²) in [6.45, 7) is 5.47. The highest BCUT2D eigenvalue weighted by atomic mass is 16.2. The van der Waals surface area contributed by atoms with Crippen LogP contribution >= 0.6 is 0 Å². The lowest BCUT2D eigenvalue weighted by molar-refractivity contribution is -0.131. The monoisotopic (exact) mass is 378 g/mol. The average Bonchev–Trinajstić information content (AvgIpc) is 2.86. The van der Waals surface area contributed by atoms with Gasteiger partial charge in [-0.25, -0.2) is 4.68 Å². The van der Waals surface area contributed by atoms with Crippen LogP contribution in [0.25, 0.3) is 16.7 Å². The van der Waals surface area contributed by atoms with Crippen LogP contribution in [0.1, 0.15) is 36.9 Å². The molecule has 0 unspecified atom stereocenters. The Morgan fingerprint density at radius 1 is 1.04 bits per heavy atom. The first-order chi connectivity index (χ1) is 13.6. The van der Waals surface area contributed by atoms with E-state index in [-0.39, 0.29) is 18.0 Å². The average molecular weight is 378 g/mol. The van der Waals surface area contributed by atoms with Gasteiger partial charge >= 0.3 is 0 Å². The van der Waals surface area contributed by atoms with Crippen LogP contribution in [0.15, 0.2) is 41.2 Å². The third kappa shape index (κ3) is 3.35. The molecule has 28 heavy (non-hydrogen) atoms. The van der Waals surface area contributed by atoms with Gasteiger partial charge < -0.3 is 4.90 Å². The molecule has 0 bridgehead atoms. The molecule has 6 nitrogen and oxygen atoms in total. The lowest BCUT2D eigenvalue weighted by atomic mass is 10.1. The van der Waals surface area contributed by atoms with Crippen molar-refractivity contribution < 1.29 is 4.79 Å². The van der Waals surface area contributed by atoms with Gasteiger partial charge in [-0.1, -0.05) is 31.0 Å². The molecule has 0 spiro atoms. The second-order valence-corrected chi connectivity index (χ2v) is 7.58. The number of nitrogens with zero attached hydrogens (tertiary/aromatic N) is 4. The molecule has 6 heteroatoms. The molecular formula is C22H26N4O2. The van der Waals surface area contributed by atoms with E-state index in [1.165, 1.54) is 12.8 Å². The number of likely N-dealkylation sites (tertiary alicyclic amines) is 1. The zero-order chi connectivity index (χ0) is 19.7. The van der Waals surface area contributed by atoms with E-state index in [2.05, 4.69) is 5.10 Å². The van der Waals surface area contributed by atoms with Crippen molar-refractivity contribution in [2.45, 2.75) is 46.1 Å². The molecule has 0 N–H and O–H groups in total. The number of fused-ring (bicyclic) bond motifs is 1. The Morgan fingerprint density at radius 3 is 2.39 bits per heavy atom. The first kappa shape index (κ1) is 18.5. The number of hydrogen-bond donors (Lipinski definition) is 0. The highest BCUT2D eigenvalue weighted by Gasteiger charge is 2.21. The number of aryl methyl sites for hydroxylation is 2. The van der Waals surface area contributed by atoms with Gasteiger partial charge in [-0.15, -0.1) is 0 Å². The van der Waals surface area contributed by atoms with E-state index in [0.29, 0.717) is 5.65 Å². The second kappa shape index (κ2) is 7.62. The number of rotatable bonds is 3. The fourth-order valence-electron chi connectivity index (χ4n) is 4.12. The van der Waals surface area contributed by atoms with Crippen molar-refractivity contribution in [3.8, 4) is 5.69 Å². The summed E-state index contributed by atoms with van der Waals surface area (Å²) < 4.78 is 3.37. The van der Waals surface area contributed by atoms with Crippen molar-refractivity contribution in [1.29, 1.82) is 0 Å². The molecule has 0 atom stereocenters. The van der Waals surface area contributed by atoms with Crippen LogP contribution < -0.4 is 5.56 Å². The molecule has 4 rings (SSSR count). The van der Waals surface area contributed by atoms with Crippen molar-refractivity contribution in [3.05, 3.63) is 58.0 Å². The summed E-state index contributed by atoms with van der Waals surface area (Å²) in [5.41, 5.74) is 3.15. The maximum atomic E-state index is 13.0. The van der Waals surface area contributed by atoms with E-state index in [1.54, 1.807) is 15.3 Å². The van der Waals surface area contributed by atoms with Crippen LogP contribution in [-0.2, 0) is 11.3 Å². The topological polar surface area (TPSA) is 60.1 Å². The molecule has 1 aliphatic rings. The Balaban J connectivity index is 1.83. The van der Waals surface area contributed by atoms with Gasteiger partial charge in [-0.05, 0) is 44.4 Å². The Hall–Kier alpha value is -2.89. The molecule has 1 saturated heterocycles. The number of pyridine rings is 1. The largest absolute Gasteiger partial charge is 0.341 e. The minimum atomic E-state index is -0.162. The molecule has 0 radical (unpaired) electrons. The van der Waals surface area contributed by atoms with Crippen LogP contribution in [0.2, 0.25) is 0 Å². The molecule has 3 aromatic rings. The molecule has 2 aromatic heterocycles. The molecule has 0 saturated carbocycles. The van der Waals surface area contributed by atoms with Crippen LogP contribution in [0.4, 0.5) is 0 Å². The standard InChI is InChI=1S/C22H26N4O2/c1-16-14-19(27)25(15-20(28)24-12-8-3-4-9-13-24)22-21(16)17(2)23-26(22)18-10-6-5-7-11-18/h5-7,10-11,14H,3-4,8-9,12-13,15H2,1-2H3. The van der Waals surface area contributed by atoms with Gasteiger partial charge in [0.2, 0.25) is 5.91 Å². The van der Waals surface area contributed by atoms with Crippen LogP contribution in [-0.4, -0.2) is 38.2 Å². The van der Waals surface area contributed by atoms with Crippen LogP contribution in [0.5, 0.6) is 0 Å². The van der Waals surface area contributed by atoms with Gasteiger partial charge in [-0.3, -0.25) is 14.2 Å². The van der Waals surface area contributed by atoms with Gasteiger partial charge in [0.25, 0.3) is 5.56 Å². The Morgan fingerprint density at radius 2 is 1.71 bits per heavy atom. The van der Waals surface area contributed by atoms with E-state index in [1.807, 2.05) is 49.1 Å². The normalized spacial score (nSPS) is 15.0. The highest BCUT2D eigenvalue weighted by Crippen LogP contribution is 2.24. The summed E-state index contributed by atoms with van der Waals surface area (Å²) in [5, 5.41) is 5.63. The maximum absolute atomic E-state index is 13.0. The lowest BCUT2D eigenvalue weighted by Crippen LogP contribution is -2.37. The fraction of sp³-hybridized carbons (Fsp3) is 0.409. The van der Waals surface area contributed by atoms with Crippen molar-refractivity contribution in [2.75, 3.05) is 13.1 Å². The van der Waals surface area contributed by atoms with Crippen molar-refractivity contribution >= 4 is 16.9 Å². The third-order valence-corrected chi connectivity index (χ3v) is 5.54. The smallest absolute Gasteiger partial charge is 0.252 e. The SMILES string of the molecule is Cc1cc(=O)n(CC(=O)N2CCCCCC2)c2c1c(C)nn2-c1ccccc1. The lowest BCUT2D eigenvalue weighted by Gasteiger charge is -2.21. The molecule has 146 valence electrons. The number of carbonyl (C=O) groups excluding carboxylic acids is 1. The summed E-state index contributed by atoms with van der Waals surface area (Å²) >= 11 is 0. The Bertz CT molecular complexity index is 1060. The predicted molar refractivity (Wildman–Crippen MR) is 110 cm³/mol. The number of amides is 1. The summed E-state index contributed by atoms with van der Waals surface area (Å²) in [6, 6.07) is 11.4. The molecule has 1 fully saturated rings. The zero-order valence-electron chi connectivity index (χ0n) is 16.5. The number of hydrogen-bond acceptors (Lipinski definition) is 3. The van der Waals surface area contributed by atoms with Crippen molar-refractivity contribution in [2.24, 2.45) is 0 Å². The minimum Gasteiger partial charge on any atom is -0.341 e. The van der Waals surface area contributed by atoms with E-state index in [0.717, 1.165) is 48.3 Å². The molecule has 1 aliphatic heterocycles. The number of carbonyl (C=O) groups is 1. The first-order valence-corrected chi connectivity index (χ1v) is 9.99. The van der Waals surface area contributed by atoms with Gasteiger partial charge in [0.15, 0.2) is 0 Å². The number of benzene rings is 1. The molecule has 0 aliphatic carbocycles. The van der Waals surface area contributed by atoms with Gasteiger partial charge in [0.1, 0.15) is 12.2 Å². The molecule has 3 heterocycles. The van der Waals surface area contributed by atoms with E-state index >= 15 is 0 Å². The van der Waals surface area contributed by atoms with Crippen molar-refractivity contribution in [1.82, 2.24) is 19.2 Å². The summed E-state index contributed by atoms with van der Waals surface area (Å²) in [5.74, 6) is 0.00705. The van der Waals surface area contributed by atoms with E-state index in [4.69, 9.17) is 0 Å². The Labute approximate surface area is 164 Å². The summed E-state index contributed by atoms with van der Waals surface area (Å²) in [7, 11) is 0. The highest BCUT2D eigenvalue weighted by molar-refractivity contribution is 5.85. The summed E-state index contributed by atoms with van der Waals surface area (Å²) in [6.07, 6.45) is 4.40. The van der Waals surface area contributed by atoms with Gasteiger partial charge in [-0.2, -0.15) is 5.10 Å². The first-order valence-electron chi connectivity index (χ1n) is 9.99. The Kier molecular flexibility index (Phi) is 5.03. The van der Waals surface area contributed by atoms with E-state index in [9.17, 15) is 9.59 Å². The predicted octanol–water partition coefficient (Wildman–Crippen LogP) is 3.21. The number of aromatic nitrogens is 3. The van der Waals surface area contributed by atoms with Crippen LogP contribution in [0.3, 0.4) is 0 Å². The molecule has 1 aromatic carbocycles. The van der Waals surface area contributed by atoms with Crippen molar-refractivity contribution in [3.63, 3.8) is 0 Å². The van der Waals surface area contributed by atoms with E-state index < -0.39 is 0 Å². The summed E-state index contributed by atoms with van der Waals surface area (Å²) in [4.78, 5) is 27.8. The third-order valence-electron chi connectivity index (χ3n) is 5.54.